The topological polar surface area (TPSA) is 78.4 Å². The maximum atomic E-state index is 14.3. The van der Waals surface area contributed by atoms with Crippen LogP contribution >= 0.6 is 0 Å². The van der Waals surface area contributed by atoms with Crippen LogP contribution in [0.15, 0.2) is 36.8 Å². The molecule has 0 bridgehead atoms. The summed E-state index contributed by atoms with van der Waals surface area (Å²) in [5.74, 6) is -3.76. The molecule has 0 radical (unpaired) electrons. The van der Waals surface area contributed by atoms with Gasteiger partial charge in [-0.1, -0.05) is 0 Å². The Bertz CT molecular complexity index is 1410. The number of halogens is 4. The summed E-state index contributed by atoms with van der Waals surface area (Å²) < 4.78 is 59.7. The minimum absolute atomic E-state index is 0.185. The van der Waals surface area contributed by atoms with Crippen LogP contribution in [0.4, 0.5) is 29.2 Å². The van der Waals surface area contributed by atoms with Gasteiger partial charge in [-0.15, -0.1) is 10.2 Å². The van der Waals surface area contributed by atoms with Crippen LogP contribution in [0.25, 0.3) is 22.6 Å². The van der Waals surface area contributed by atoms with Crippen LogP contribution in [-0.2, 0) is 25.1 Å². The smallest absolute Gasteiger partial charge is 0.342 e. The standard InChI is InChI=1S/C22H20F4N8/c1-12-9-27-16(29-17-3-6-28-32(17)2)8-14(12)13-7-15-18-30-31-20(22(25,26)19(23)24)34(18)21(4-5-21)11-33(15)10-13/h3,6-10,19H,4-5,11H2,1-2H3,(H,27,29). The zero-order valence-corrected chi connectivity index (χ0v) is 18.3. The lowest BCUT2D eigenvalue weighted by molar-refractivity contribution is -0.144. The molecule has 0 saturated heterocycles. The van der Waals surface area contributed by atoms with Crippen LogP contribution in [0, 0.1) is 6.92 Å². The average molecular weight is 472 g/mol. The normalized spacial score (nSPS) is 16.1. The summed E-state index contributed by atoms with van der Waals surface area (Å²) in [5.41, 5.74) is 2.53. The molecule has 8 nitrogen and oxygen atoms in total. The fourth-order valence-electron chi connectivity index (χ4n) is 4.63. The molecule has 4 aromatic rings. The fraction of sp³-hybridized carbons (Fsp3) is 0.364. The Hall–Kier alpha value is -3.70. The lowest BCUT2D eigenvalue weighted by atomic mass is 10.1. The molecular weight excluding hydrogens is 452 g/mol. The van der Waals surface area contributed by atoms with Crippen molar-refractivity contribution < 1.29 is 17.6 Å². The van der Waals surface area contributed by atoms with E-state index in [0.717, 1.165) is 22.5 Å². The number of fused-ring (bicyclic) bond motifs is 4. The number of nitrogens with zero attached hydrogens (tertiary/aromatic N) is 7. The summed E-state index contributed by atoms with van der Waals surface area (Å²) in [5, 5.41) is 14.8. The number of nitrogens with one attached hydrogen (secondary N) is 1. The minimum Gasteiger partial charge on any atom is -0.342 e. The van der Waals surface area contributed by atoms with Gasteiger partial charge < -0.3 is 9.88 Å². The summed E-state index contributed by atoms with van der Waals surface area (Å²) in [6.45, 7) is 2.32. The third-order valence-corrected chi connectivity index (χ3v) is 6.62. The first kappa shape index (κ1) is 20.9. The molecule has 1 aliphatic heterocycles. The van der Waals surface area contributed by atoms with Gasteiger partial charge in [0.25, 0.3) is 0 Å². The van der Waals surface area contributed by atoms with Crippen molar-refractivity contribution in [2.75, 3.05) is 5.32 Å². The molecule has 4 aromatic heterocycles. The van der Waals surface area contributed by atoms with Gasteiger partial charge in [0.05, 0.1) is 17.4 Å². The van der Waals surface area contributed by atoms with Crippen molar-refractivity contribution in [1.82, 2.24) is 34.1 Å². The minimum atomic E-state index is -4.37. The molecule has 34 heavy (non-hydrogen) atoms. The maximum absolute atomic E-state index is 14.3. The van der Waals surface area contributed by atoms with Gasteiger partial charge in [-0.2, -0.15) is 13.9 Å². The lowest BCUT2D eigenvalue weighted by Crippen LogP contribution is -2.36. The van der Waals surface area contributed by atoms with Gasteiger partial charge in [-0.3, -0.25) is 9.25 Å². The predicted molar refractivity (Wildman–Crippen MR) is 115 cm³/mol. The third-order valence-electron chi connectivity index (χ3n) is 6.62. The van der Waals surface area contributed by atoms with E-state index in [9.17, 15) is 17.6 Å². The van der Waals surface area contributed by atoms with Crippen molar-refractivity contribution in [2.45, 2.75) is 44.2 Å². The van der Waals surface area contributed by atoms with E-state index in [1.807, 2.05) is 42.9 Å². The van der Waals surface area contributed by atoms with E-state index >= 15 is 0 Å². The van der Waals surface area contributed by atoms with Crippen LogP contribution in [0.2, 0.25) is 0 Å². The highest BCUT2D eigenvalue weighted by molar-refractivity contribution is 5.75. The molecule has 5 heterocycles. The highest BCUT2D eigenvalue weighted by atomic mass is 19.3. The summed E-state index contributed by atoms with van der Waals surface area (Å²) in [4.78, 5) is 4.44. The monoisotopic (exact) mass is 472 g/mol. The third kappa shape index (κ3) is 2.97. The number of aromatic nitrogens is 7. The number of hydrogen-bond acceptors (Lipinski definition) is 5. The Balaban J connectivity index is 1.43. The number of pyridine rings is 1. The van der Waals surface area contributed by atoms with Gasteiger partial charge in [0.15, 0.2) is 5.82 Å². The number of aryl methyl sites for hydroxylation is 2. The van der Waals surface area contributed by atoms with Crippen LogP contribution < -0.4 is 5.32 Å². The van der Waals surface area contributed by atoms with Gasteiger partial charge in [-0.05, 0) is 43.0 Å². The second-order valence-electron chi connectivity index (χ2n) is 8.92. The Kier molecular flexibility index (Phi) is 4.24. The molecule has 1 spiro atoms. The van der Waals surface area contributed by atoms with E-state index in [0.29, 0.717) is 30.9 Å². The first-order chi connectivity index (χ1) is 16.2. The highest BCUT2D eigenvalue weighted by Crippen LogP contribution is 2.53. The summed E-state index contributed by atoms with van der Waals surface area (Å²) in [7, 11) is 1.81. The lowest BCUT2D eigenvalue weighted by Gasteiger charge is -2.29. The zero-order valence-electron chi connectivity index (χ0n) is 18.3. The summed E-state index contributed by atoms with van der Waals surface area (Å²) in [6.07, 6.45) is 2.71. The molecule has 1 aliphatic carbocycles. The highest BCUT2D eigenvalue weighted by Gasteiger charge is 2.57. The van der Waals surface area contributed by atoms with Crippen LogP contribution in [0.5, 0.6) is 0 Å². The summed E-state index contributed by atoms with van der Waals surface area (Å²) in [6, 6.07) is 5.56. The van der Waals surface area contributed by atoms with Crippen molar-refractivity contribution in [2.24, 2.45) is 7.05 Å². The van der Waals surface area contributed by atoms with Gasteiger partial charge >= 0.3 is 12.3 Å². The first-order valence-corrected chi connectivity index (χ1v) is 10.7. The quantitative estimate of drug-likeness (QED) is 0.434. The maximum Gasteiger partial charge on any atom is 0.365 e. The van der Waals surface area contributed by atoms with Gasteiger partial charge in [-0.25, -0.2) is 13.8 Å². The SMILES string of the molecule is Cc1cnc(Nc2ccnn2C)cc1-c1cc2n(c1)CC1(CC1)n1c-2nnc1C(F)(F)C(F)F. The fourth-order valence-corrected chi connectivity index (χ4v) is 4.63. The van der Waals surface area contributed by atoms with E-state index in [1.165, 1.54) is 4.57 Å². The van der Waals surface area contributed by atoms with Crippen molar-refractivity contribution in [3.63, 3.8) is 0 Å². The molecule has 0 aromatic carbocycles. The first-order valence-electron chi connectivity index (χ1n) is 10.7. The molecule has 12 heteroatoms. The van der Waals surface area contributed by atoms with Gasteiger partial charge in [0.2, 0.25) is 5.82 Å². The second kappa shape index (κ2) is 6.90. The van der Waals surface area contributed by atoms with Crippen molar-refractivity contribution in [1.29, 1.82) is 0 Å². The molecule has 0 atom stereocenters. The Morgan fingerprint density at radius 3 is 2.65 bits per heavy atom. The molecule has 1 saturated carbocycles. The van der Waals surface area contributed by atoms with Crippen LogP contribution in [-0.4, -0.2) is 40.5 Å². The van der Waals surface area contributed by atoms with Crippen LogP contribution in [0.3, 0.4) is 0 Å². The second-order valence-corrected chi connectivity index (χ2v) is 8.92. The Morgan fingerprint density at radius 1 is 1.18 bits per heavy atom. The molecular formula is C22H20F4N8. The van der Waals surface area contributed by atoms with Crippen molar-refractivity contribution in [3.8, 4) is 22.6 Å². The molecule has 1 fully saturated rings. The molecule has 1 N–H and O–H groups in total. The predicted octanol–water partition coefficient (Wildman–Crippen LogP) is 4.45. The van der Waals surface area contributed by atoms with Crippen molar-refractivity contribution >= 4 is 11.6 Å². The molecule has 0 amide bonds. The van der Waals surface area contributed by atoms with Crippen LogP contribution in [0.1, 0.15) is 24.2 Å². The van der Waals surface area contributed by atoms with E-state index in [2.05, 4.69) is 25.6 Å². The largest absolute Gasteiger partial charge is 0.365 e. The Labute approximate surface area is 191 Å². The van der Waals surface area contributed by atoms with Gasteiger partial charge in [0.1, 0.15) is 11.6 Å². The molecule has 2 aliphatic rings. The molecule has 6 rings (SSSR count). The number of alkyl halides is 4. The number of rotatable bonds is 5. The summed E-state index contributed by atoms with van der Waals surface area (Å²) >= 11 is 0. The van der Waals surface area contributed by atoms with E-state index in [-0.39, 0.29) is 5.82 Å². The number of anilines is 2. The molecule has 176 valence electrons. The Morgan fingerprint density at radius 2 is 1.97 bits per heavy atom. The molecule has 0 unspecified atom stereocenters. The van der Waals surface area contributed by atoms with Crippen molar-refractivity contribution in [3.05, 3.63) is 48.2 Å². The van der Waals surface area contributed by atoms with E-state index < -0.39 is 23.7 Å². The average Bonchev–Trinajstić information content (AvgIpc) is 3.13. The van der Waals surface area contributed by atoms with E-state index in [1.54, 1.807) is 17.1 Å². The number of hydrogen-bond donors (Lipinski definition) is 1. The van der Waals surface area contributed by atoms with E-state index in [4.69, 9.17) is 0 Å². The van der Waals surface area contributed by atoms with Gasteiger partial charge in [0, 0.05) is 37.6 Å². The zero-order chi connectivity index (χ0) is 23.8.